The van der Waals surface area contributed by atoms with E-state index in [2.05, 4.69) is 45.8 Å². The van der Waals surface area contributed by atoms with Crippen LogP contribution in [0.4, 0.5) is 0 Å². The van der Waals surface area contributed by atoms with Gasteiger partial charge in [-0.3, -0.25) is 19.2 Å². The van der Waals surface area contributed by atoms with Gasteiger partial charge in [-0.15, -0.1) is 0 Å². The zero-order chi connectivity index (χ0) is 19.5. The molecule has 146 valence electrons. The van der Waals surface area contributed by atoms with Gasteiger partial charge in [-0.1, -0.05) is 40.8 Å². The first-order valence-corrected chi connectivity index (χ1v) is 12.4. The summed E-state index contributed by atoms with van der Waals surface area (Å²) in [6, 6.07) is 2.34. The van der Waals surface area contributed by atoms with Crippen molar-refractivity contribution in [2.75, 3.05) is 13.6 Å². The number of nitrogens with zero attached hydrogens (tertiary/aromatic N) is 2. The molecule has 3 heterocycles. The number of hydrogen-bond acceptors (Lipinski definition) is 5. The topological polar surface area (TPSA) is 76.6 Å². The van der Waals surface area contributed by atoms with Gasteiger partial charge in [0.1, 0.15) is 6.10 Å². The van der Waals surface area contributed by atoms with E-state index >= 15 is 0 Å². The summed E-state index contributed by atoms with van der Waals surface area (Å²) in [6.07, 6.45) is 0.703. The van der Waals surface area contributed by atoms with Crippen molar-refractivity contribution in [3.63, 3.8) is 0 Å². The predicted molar refractivity (Wildman–Crippen MR) is 103 cm³/mol. The lowest BCUT2D eigenvalue weighted by molar-refractivity contribution is -0.231. The molecule has 1 aromatic rings. The standard InChI is InChI=1S/C18H31N3O4Si/c1-12-14-15(21-9-8-13(22)19-16(21)23)24-18(12,10-20(5)25-14)11-26(6,7)17(2,3)4/h8-9,12,14-15H,10-11H2,1-7H3,(H,19,22,23)/t12-,14+,15+,18+/m0/s1. The monoisotopic (exact) mass is 381 g/mol. The summed E-state index contributed by atoms with van der Waals surface area (Å²) in [5.41, 5.74) is -1.23. The Kier molecular flexibility index (Phi) is 4.62. The maximum atomic E-state index is 12.3. The Morgan fingerprint density at radius 2 is 2.00 bits per heavy atom. The van der Waals surface area contributed by atoms with Crippen LogP contribution in [0.1, 0.15) is 33.9 Å². The summed E-state index contributed by atoms with van der Waals surface area (Å²) in [4.78, 5) is 32.1. The van der Waals surface area contributed by atoms with Crippen LogP contribution in [0, 0.1) is 5.92 Å². The summed E-state index contributed by atoms with van der Waals surface area (Å²) in [7, 11) is 0.281. The highest BCUT2D eigenvalue weighted by Crippen LogP contribution is 2.53. The molecule has 0 saturated carbocycles. The van der Waals surface area contributed by atoms with Crippen LogP contribution in [0.15, 0.2) is 21.9 Å². The highest BCUT2D eigenvalue weighted by molar-refractivity contribution is 6.80. The number of aromatic amines is 1. The summed E-state index contributed by atoms with van der Waals surface area (Å²) < 4.78 is 8.06. The number of ether oxygens (including phenoxy) is 1. The molecule has 1 aromatic heterocycles. The Morgan fingerprint density at radius 1 is 1.35 bits per heavy atom. The molecule has 3 rings (SSSR count). The second-order valence-electron chi connectivity index (χ2n) is 9.55. The number of likely N-dealkylation sites (N-methyl/N-ethyl adjacent to an activating group) is 1. The molecule has 2 fully saturated rings. The fourth-order valence-electron chi connectivity index (χ4n) is 4.02. The second kappa shape index (κ2) is 6.15. The average Bonchev–Trinajstić information content (AvgIpc) is 2.63. The van der Waals surface area contributed by atoms with Gasteiger partial charge in [0, 0.05) is 25.2 Å². The van der Waals surface area contributed by atoms with Crippen molar-refractivity contribution >= 4 is 8.07 Å². The van der Waals surface area contributed by atoms with Crippen LogP contribution in [-0.2, 0) is 9.57 Å². The predicted octanol–water partition coefficient (Wildman–Crippen LogP) is 2.19. The highest BCUT2D eigenvalue weighted by Gasteiger charge is 2.61. The van der Waals surface area contributed by atoms with Gasteiger partial charge in [-0.25, -0.2) is 4.79 Å². The molecular weight excluding hydrogens is 350 g/mol. The summed E-state index contributed by atoms with van der Waals surface area (Å²) >= 11 is 0. The zero-order valence-electron chi connectivity index (χ0n) is 16.8. The minimum Gasteiger partial charge on any atom is -0.347 e. The lowest BCUT2D eigenvalue weighted by atomic mass is 9.87. The van der Waals surface area contributed by atoms with Crippen LogP contribution in [0.2, 0.25) is 24.2 Å². The van der Waals surface area contributed by atoms with Crippen molar-refractivity contribution in [1.29, 1.82) is 0 Å². The Bertz CT molecular complexity index is 797. The first-order valence-electron chi connectivity index (χ1n) is 9.24. The Morgan fingerprint density at radius 3 is 2.58 bits per heavy atom. The summed E-state index contributed by atoms with van der Waals surface area (Å²) in [5.74, 6) is 0.150. The molecule has 1 N–H and O–H groups in total. The van der Waals surface area contributed by atoms with Gasteiger partial charge < -0.3 is 4.74 Å². The SMILES string of the molecule is C[C@H]1[C@H]2ON(C)C[C@]1(C[Si](C)(C)C(C)(C)C)O[C@H]2n1ccc(=O)[nH]c1=O. The number of nitrogens with one attached hydrogen (secondary N) is 1. The van der Waals surface area contributed by atoms with Gasteiger partial charge in [-0.2, -0.15) is 5.06 Å². The molecule has 0 amide bonds. The molecule has 0 aliphatic carbocycles. The van der Waals surface area contributed by atoms with Crippen molar-refractivity contribution in [2.24, 2.45) is 5.92 Å². The van der Waals surface area contributed by atoms with Gasteiger partial charge in [0.05, 0.1) is 20.2 Å². The van der Waals surface area contributed by atoms with Crippen LogP contribution >= 0.6 is 0 Å². The summed E-state index contributed by atoms with van der Waals surface area (Å²) in [6.45, 7) is 14.6. The fourth-order valence-corrected chi connectivity index (χ4v) is 6.57. The van der Waals surface area contributed by atoms with Crippen LogP contribution < -0.4 is 11.2 Å². The molecule has 4 atom stereocenters. The van der Waals surface area contributed by atoms with E-state index in [1.165, 1.54) is 16.8 Å². The quantitative estimate of drug-likeness (QED) is 0.812. The molecule has 0 aromatic carbocycles. The van der Waals surface area contributed by atoms with Crippen LogP contribution in [0.5, 0.6) is 0 Å². The van der Waals surface area contributed by atoms with E-state index in [-0.39, 0.29) is 22.7 Å². The Balaban J connectivity index is 2.01. The van der Waals surface area contributed by atoms with E-state index in [4.69, 9.17) is 9.57 Å². The molecule has 2 aliphatic heterocycles. The van der Waals surface area contributed by atoms with Crippen LogP contribution in [0.25, 0.3) is 0 Å². The van der Waals surface area contributed by atoms with E-state index in [0.29, 0.717) is 6.54 Å². The number of hydrogen-bond donors (Lipinski definition) is 1. The number of rotatable bonds is 3. The van der Waals surface area contributed by atoms with Crippen LogP contribution in [-0.4, -0.2) is 48.0 Å². The third-order valence-corrected chi connectivity index (χ3v) is 12.2. The zero-order valence-corrected chi connectivity index (χ0v) is 17.8. The van der Waals surface area contributed by atoms with Gasteiger partial charge >= 0.3 is 5.69 Å². The Labute approximate surface area is 155 Å². The molecule has 2 aliphatic rings. The molecule has 8 heteroatoms. The molecule has 0 spiro atoms. The van der Waals surface area contributed by atoms with Crippen molar-refractivity contribution in [1.82, 2.24) is 14.6 Å². The molecule has 0 unspecified atom stereocenters. The van der Waals surface area contributed by atoms with E-state index < -0.39 is 25.6 Å². The summed E-state index contributed by atoms with van der Waals surface area (Å²) in [5, 5.41) is 2.08. The maximum absolute atomic E-state index is 12.3. The van der Waals surface area contributed by atoms with Crippen molar-refractivity contribution < 1.29 is 9.57 Å². The molecule has 7 nitrogen and oxygen atoms in total. The minimum atomic E-state index is -1.64. The first kappa shape index (κ1) is 19.5. The van der Waals surface area contributed by atoms with Crippen molar-refractivity contribution in [3.05, 3.63) is 33.1 Å². The molecule has 2 saturated heterocycles. The number of H-pyrrole nitrogens is 1. The van der Waals surface area contributed by atoms with Gasteiger partial charge in [0.15, 0.2) is 6.23 Å². The molecule has 0 radical (unpaired) electrons. The number of fused-ring (bicyclic) bond motifs is 2. The Hall–Kier alpha value is -1.22. The number of hydroxylamine groups is 2. The lowest BCUT2D eigenvalue weighted by Gasteiger charge is -2.47. The maximum Gasteiger partial charge on any atom is 0.330 e. The normalized spacial score (nSPS) is 32.8. The molecule has 2 bridgehead atoms. The third kappa shape index (κ3) is 3.13. The van der Waals surface area contributed by atoms with Crippen molar-refractivity contribution in [2.45, 2.75) is 69.8 Å². The third-order valence-electron chi connectivity index (χ3n) is 6.65. The van der Waals surface area contributed by atoms with E-state index in [1.54, 1.807) is 0 Å². The smallest absolute Gasteiger partial charge is 0.330 e. The van der Waals surface area contributed by atoms with E-state index in [0.717, 1.165) is 6.04 Å². The average molecular weight is 382 g/mol. The minimum absolute atomic E-state index is 0.150. The highest BCUT2D eigenvalue weighted by atomic mass is 28.3. The van der Waals surface area contributed by atoms with Gasteiger partial charge in [0.2, 0.25) is 0 Å². The first-order chi connectivity index (χ1) is 11.9. The largest absolute Gasteiger partial charge is 0.347 e. The second-order valence-corrected chi connectivity index (χ2v) is 15.2. The van der Waals surface area contributed by atoms with Gasteiger partial charge in [0.25, 0.3) is 5.56 Å². The van der Waals surface area contributed by atoms with Gasteiger partial charge in [-0.05, 0) is 11.1 Å². The van der Waals surface area contributed by atoms with E-state index in [1.807, 2.05) is 12.1 Å². The van der Waals surface area contributed by atoms with E-state index in [9.17, 15) is 9.59 Å². The fraction of sp³-hybridized carbons (Fsp3) is 0.778. The molecular formula is C18H31N3O4Si. The van der Waals surface area contributed by atoms with Crippen molar-refractivity contribution in [3.8, 4) is 0 Å². The lowest BCUT2D eigenvalue weighted by Crippen LogP contribution is -2.57. The molecule has 26 heavy (non-hydrogen) atoms. The number of aromatic nitrogens is 2. The van der Waals surface area contributed by atoms with Crippen LogP contribution in [0.3, 0.4) is 0 Å².